The molecule has 0 radical (unpaired) electrons. The number of carbonyl (C=O) groups is 1. The van der Waals surface area contributed by atoms with Crippen molar-refractivity contribution < 1.29 is 53.4 Å². The molecule has 126 valence electrons. The summed E-state index contributed by atoms with van der Waals surface area (Å²) < 4.78 is 127. The molecule has 21 heavy (non-hydrogen) atoms. The van der Waals surface area contributed by atoms with Crippen molar-refractivity contribution in [2.24, 2.45) is 0 Å². The van der Waals surface area contributed by atoms with Crippen molar-refractivity contribution in [1.29, 1.82) is 0 Å². The third-order valence-electron chi connectivity index (χ3n) is 2.53. The summed E-state index contributed by atoms with van der Waals surface area (Å²) in [4.78, 5) is 11.0. The van der Waals surface area contributed by atoms with E-state index in [0.717, 1.165) is 6.92 Å². The molecule has 0 fully saturated rings. The molecular weight excluding hydrogens is 330 g/mol. The Labute approximate surface area is 111 Å². The van der Waals surface area contributed by atoms with Crippen LogP contribution in [0.15, 0.2) is 0 Å². The largest absolute Gasteiger partial charge is 0.447 e. The van der Waals surface area contributed by atoms with Crippen molar-refractivity contribution in [1.82, 2.24) is 0 Å². The second kappa shape index (κ2) is 5.20. The topological polar surface area (TPSA) is 26.3 Å². The fraction of sp³-hybridized carbons (Fsp3) is 0.889. The average Bonchev–Trinajstić information content (AvgIpc) is 2.19. The van der Waals surface area contributed by atoms with Crippen molar-refractivity contribution in [3.8, 4) is 0 Å². The Balaban J connectivity index is 6.16. The Morgan fingerprint density at radius 1 is 0.810 bits per heavy atom. The number of hydrogen-bond acceptors (Lipinski definition) is 2. The van der Waals surface area contributed by atoms with E-state index in [4.69, 9.17) is 0 Å². The molecule has 0 aromatic heterocycles. The fourth-order valence-corrected chi connectivity index (χ4v) is 1.05. The standard InChI is InChI=1S/C9H8F10O2/c1-3-5(2,10)4(20)21-6(7(11,12)13,8(14,15)16)9(17,18)19/h3H2,1-2H3. The van der Waals surface area contributed by atoms with E-state index in [9.17, 15) is 48.7 Å². The zero-order valence-electron chi connectivity index (χ0n) is 10.3. The molecule has 0 spiro atoms. The second-order valence-corrected chi connectivity index (χ2v) is 4.11. The first-order valence-electron chi connectivity index (χ1n) is 5.06. The van der Waals surface area contributed by atoms with Gasteiger partial charge in [-0.3, -0.25) is 0 Å². The summed E-state index contributed by atoms with van der Waals surface area (Å²) in [6.45, 7) is 1.01. The summed E-state index contributed by atoms with van der Waals surface area (Å²) in [6.07, 6.45) is -22.2. The van der Waals surface area contributed by atoms with E-state index in [-0.39, 0.29) is 6.92 Å². The number of hydrogen-bond donors (Lipinski definition) is 0. The van der Waals surface area contributed by atoms with Gasteiger partial charge in [-0.05, 0) is 13.3 Å². The maximum Gasteiger partial charge on any atom is 0.447 e. The van der Waals surface area contributed by atoms with Crippen LogP contribution < -0.4 is 0 Å². The van der Waals surface area contributed by atoms with Crippen LogP contribution in [0.3, 0.4) is 0 Å². The molecule has 0 aromatic rings. The lowest BCUT2D eigenvalue weighted by Gasteiger charge is -2.38. The molecule has 0 saturated heterocycles. The van der Waals surface area contributed by atoms with Gasteiger partial charge in [0.25, 0.3) is 0 Å². The Bertz CT molecular complexity index is 353. The van der Waals surface area contributed by atoms with Crippen LogP contribution in [0.2, 0.25) is 0 Å². The SMILES string of the molecule is CCC(C)(F)C(=O)OC(C(F)(F)F)(C(F)(F)F)C(F)(F)F. The predicted molar refractivity (Wildman–Crippen MR) is 46.8 cm³/mol. The lowest BCUT2D eigenvalue weighted by molar-refractivity contribution is -0.447. The molecule has 0 N–H and O–H groups in total. The normalized spacial score (nSPS) is 17.3. The van der Waals surface area contributed by atoms with Gasteiger partial charge in [0.05, 0.1) is 0 Å². The molecule has 0 aliphatic carbocycles. The minimum Gasteiger partial charge on any atom is -0.430 e. The van der Waals surface area contributed by atoms with Crippen molar-refractivity contribution >= 4 is 5.97 Å². The number of halogens is 10. The highest BCUT2D eigenvalue weighted by atomic mass is 19.4. The van der Waals surface area contributed by atoms with Gasteiger partial charge in [-0.25, -0.2) is 9.18 Å². The van der Waals surface area contributed by atoms with Crippen LogP contribution in [0.5, 0.6) is 0 Å². The van der Waals surface area contributed by atoms with E-state index in [1.807, 2.05) is 0 Å². The highest BCUT2D eigenvalue weighted by molar-refractivity contribution is 5.79. The van der Waals surface area contributed by atoms with Crippen molar-refractivity contribution in [3.05, 3.63) is 0 Å². The summed E-state index contributed by atoms with van der Waals surface area (Å²) in [7, 11) is 0. The molecule has 0 heterocycles. The van der Waals surface area contributed by atoms with Gasteiger partial charge < -0.3 is 4.74 Å². The van der Waals surface area contributed by atoms with Crippen molar-refractivity contribution in [2.45, 2.75) is 50.1 Å². The molecule has 0 aliphatic heterocycles. The van der Waals surface area contributed by atoms with Crippen LogP contribution >= 0.6 is 0 Å². The van der Waals surface area contributed by atoms with Crippen LogP contribution in [-0.4, -0.2) is 35.8 Å². The van der Waals surface area contributed by atoms with Crippen molar-refractivity contribution in [3.63, 3.8) is 0 Å². The third kappa shape index (κ3) is 3.34. The molecule has 0 bridgehead atoms. The number of carbonyl (C=O) groups excluding carboxylic acids is 1. The van der Waals surface area contributed by atoms with E-state index in [1.54, 1.807) is 0 Å². The quantitative estimate of drug-likeness (QED) is 0.572. The zero-order chi connectivity index (χ0) is 17.5. The number of esters is 1. The van der Waals surface area contributed by atoms with Crippen molar-refractivity contribution in [2.75, 3.05) is 0 Å². The maximum atomic E-state index is 13.3. The van der Waals surface area contributed by atoms with Gasteiger partial charge in [-0.1, -0.05) is 6.92 Å². The second-order valence-electron chi connectivity index (χ2n) is 4.11. The van der Waals surface area contributed by atoms with Gasteiger partial charge in [0.15, 0.2) is 0 Å². The van der Waals surface area contributed by atoms with Gasteiger partial charge >= 0.3 is 30.1 Å². The summed E-state index contributed by atoms with van der Waals surface area (Å²) in [5, 5.41) is 0. The highest BCUT2D eigenvalue weighted by Crippen LogP contribution is 2.55. The lowest BCUT2D eigenvalue weighted by Crippen LogP contribution is -2.69. The number of alkyl halides is 10. The monoisotopic (exact) mass is 338 g/mol. The van der Waals surface area contributed by atoms with Gasteiger partial charge in [-0.15, -0.1) is 0 Å². The van der Waals surface area contributed by atoms with Crippen LogP contribution in [0, 0.1) is 0 Å². The zero-order valence-corrected chi connectivity index (χ0v) is 10.3. The Morgan fingerprint density at radius 2 is 1.10 bits per heavy atom. The molecule has 0 rings (SSSR count). The molecule has 0 aromatic carbocycles. The maximum absolute atomic E-state index is 13.3. The first kappa shape index (κ1) is 19.8. The van der Waals surface area contributed by atoms with Crippen LogP contribution in [-0.2, 0) is 9.53 Å². The minimum absolute atomic E-state index is 0.198. The summed E-state index contributed by atoms with van der Waals surface area (Å²) in [5.41, 5.74) is -10.3. The van der Waals surface area contributed by atoms with Gasteiger partial charge in [0.1, 0.15) is 0 Å². The molecule has 0 aliphatic rings. The van der Waals surface area contributed by atoms with Gasteiger partial charge in [0.2, 0.25) is 5.67 Å². The van der Waals surface area contributed by atoms with E-state index >= 15 is 0 Å². The smallest absolute Gasteiger partial charge is 0.430 e. The molecule has 0 saturated carbocycles. The average molecular weight is 338 g/mol. The number of ether oxygens (including phenoxy) is 1. The molecular formula is C9H8F10O2. The Hall–Kier alpha value is -1.23. The Morgan fingerprint density at radius 3 is 1.29 bits per heavy atom. The fourth-order valence-electron chi connectivity index (χ4n) is 1.05. The highest BCUT2D eigenvalue weighted by Gasteiger charge is 2.87. The van der Waals surface area contributed by atoms with E-state index in [2.05, 4.69) is 4.74 Å². The predicted octanol–water partition coefficient (Wildman–Crippen LogP) is 4.09. The summed E-state index contributed by atoms with van der Waals surface area (Å²) in [6, 6.07) is 0. The summed E-state index contributed by atoms with van der Waals surface area (Å²) >= 11 is 0. The van der Waals surface area contributed by atoms with E-state index in [0.29, 0.717) is 0 Å². The van der Waals surface area contributed by atoms with Crippen LogP contribution in [0.25, 0.3) is 0 Å². The third-order valence-corrected chi connectivity index (χ3v) is 2.53. The van der Waals surface area contributed by atoms with Crippen LogP contribution in [0.1, 0.15) is 20.3 Å². The minimum atomic E-state index is -7.08. The molecule has 1 atom stereocenters. The molecule has 1 unspecified atom stereocenters. The lowest BCUT2D eigenvalue weighted by atomic mass is 10.00. The first-order chi connectivity index (χ1) is 8.94. The number of rotatable bonds is 3. The van der Waals surface area contributed by atoms with Gasteiger partial charge in [0, 0.05) is 0 Å². The van der Waals surface area contributed by atoms with E-state index < -0.39 is 42.2 Å². The molecule has 12 heteroatoms. The summed E-state index contributed by atoms with van der Waals surface area (Å²) in [5.74, 6) is -2.92. The Kier molecular flexibility index (Phi) is 4.89. The molecule has 0 amide bonds. The van der Waals surface area contributed by atoms with Gasteiger partial charge in [-0.2, -0.15) is 39.5 Å². The molecule has 2 nitrogen and oxygen atoms in total. The van der Waals surface area contributed by atoms with E-state index in [1.165, 1.54) is 0 Å². The first-order valence-corrected chi connectivity index (χ1v) is 5.06. The van der Waals surface area contributed by atoms with Crippen LogP contribution in [0.4, 0.5) is 43.9 Å².